The molecule has 0 bridgehead atoms. The first-order valence-electron chi connectivity index (χ1n) is 10.0. The number of methoxy groups -OCH3 is 1. The molecule has 6 nitrogen and oxygen atoms in total. The van der Waals surface area contributed by atoms with Gasteiger partial charge >= 0.3 is 0 Å². The van der Waals surface area contributed by atoms with Gasteiger partial charge in [0.2, 0.25) is 0 Å². The van der Waals surface area contributed by atoms with Gasteiger partial charge in [0.15, 0.2) is 5.96 Å². The SMILES string of the molecule is CCNC(=NCC1(OC)CCOCC1)N1CCOC(c2ccccc2C)C1.I. The summed E-state index contributed by atoms with van der Waals surface area (Å²) in [6, 6.07) is 8.46. The minimum Gasteiger partial charge on any atom is -0.381 e. The summed E-state index contributed by atoms with van der Waals surface area (Å²) in [7, 11) is 1.79. The van der Waals surface area contributed by atoms with Crippen LogP contribution in [0.4, 0.5) is 0 Å². The second-order valence-corrected chi connectivity index (χ2v) is 7.33. The van der Waals surface area contributed by atoms with Crippen molar-refractivity contribution in [2.24, 2.45) is 4.99 Å². The van der Waals surface area contributed by atoms with Gasteiger partial charge in [-0.1, -0.05) is 24.3 Å². The fraction of sp³-hybridized carbons (Fsp3) is 0.667. The van der Waals surface area contributed by atoms with E-state index in [1.165, 1.54) is 11.1 Å². The van der Waals surface area contributed by atoms with Crippen molar-refractivity contribution >= 4 is 29.9 Å². The van der Waals surface area contributed by atoms with Crippen LogP contribution in [-0.4, -0.2) is 69.6 Å². The number of rotatable bonds is 5. The lowest BCUT2D eigenvalue weighted by Gasteiger charge is -2.37. The molecule has 1 aromatic rings. The molecule has 1 atom stereocenters. The molecule has 0 aliphatic carbocycles. The molecule has 2 fully saturated rings. The Labute approximate surface area is 186 Å². The van der Waals surface area contributed by atoms with E-state index in [4.69, 9.17) is 19.2 Å². The minimum absolute atomic E-state index is 0. The molecule has 1 aromatic carbocycles. The van der Waals surface area contributed by atoms with Gasteiger partial charge in [0.25, 0.3) is 0 Å². The number of nitrogens with zero attached hydrogens (tertiary/aromatic N) is 2. The van der Waals surface area contributed by atoms with Crippen molar-refractivity contribution < 1.29 is 14.2 Å². The number of hydrogen-bond acceptors (Lipinski definition) is 4. The Bertz CT molecular complexity index is 635. The highest BCUT2D eigenvalue weighted by molar-refractivity contribution is 14.0. The highest BCUT2D eigenvalue weighted by atomic mass is 127. The molecule has 1 N–H and O–H groups in total. The Morgan fingerprint density at radius 2 is 2.04 bits per heavy atom. The number of nitrogens with one attached hydrogen (secondary N) is 1. The third-order valence-electron chi connectivity index (χ3n) is 5.59. The van der Waals surface area contributed by atoms with Crippen LogP contribution in [0.5, 0.6) is 0 Å². The van der Waals surface area contributed by atoms with Crippen LogP contribution in [0.15, 0.2) is 29.3 Å². The van der Waals surface area contributed by atoms with Crippen LogP contribution < -0.4 is 5.32 Å². The monoisotopic (exact) mass is 503 g/mol. The molecule has 2 saturated heterocycles. The van der Waals surface area contributed by atoms with Gasteiger partial charge in [0, 0.05) is 46.3 Å². The van der Waals surface area contributed by atoms with E-state index in [-0.39, 0.29) is 35.7 Å². The minimum atomic E-state index is -0.208. The quantitative estimate of drug-likeness (QED) is 0.380. The molecule has 158 valence electrons. The summed E-state index contributed by atoms with van der Waals surface area (Å²) in [6.07, 6.45) is 1.85. The Kier molecular flexibility index (Phi) is 9.46. The first kappa shape index (κ1) is 23.4. The molecule has 0 aromatic heterocycles. The van der Waals surface area contributed by atoms with Gasteiger partial charge in [-0.3, -0.25) is 4.99 Å². The van der Waals surface area contributed by atoms with E-state index < -0.39 is 0 Å². The highest BCUT2D eigenvalue weighted by Crippen LogP contribution is 2.27. The topological polar surface area (TPSA) is 55.3 Å². The van der Waals surface area contributed by atoms with E-state index >= 15 is 0 Å². The summed E-state index contributed by atoms with van der Waals surface area (Å²) < 4.78 is 17.4. The van der Waals surface area contributed by atoms with E-state index in [9.17, 15) is 0 Å². The molecule has 0 amide bonds. The van der Waals surface area contributed by atoms with Crippen molar-refractivity contribution in [1.82, 2.24) is 10.2 Å². The summed E-state index contributed by atoms with van der Waals surface area (Å²) in [5.41, 5.74) is 2.32. The van der Waals surface area contributed by atoms with Crippen molar-refractivity contribution in [3.05, 3.63) is 35.4 Å². The zero-order valence-corrected chi connectivity index (χ0v) is 19.6. The summed E-state index contributed by atoms with van der Waals surface area (Å²) in [5.74, 6) is 0.947. The first-order chi connectivity index (χ1) is 13.2. The third-order valence-corrected chi connectivity index (χ3v) is 5.59. The summed E-state index contributed by atoms with van der Waals surface area (Å²) >= 11 is 0. The number of aryl methyl sites for hydroxylation is 1. The van der Waals surface area contributed by atoms with Gasteiger partial charge in [0.05, 0.1) is 25.3 Å². The van der Waals surface area contributed by atoms with Gasteiger partial charge < -0.3 is 24.4 Å². The van der Waals surface area contributed by atoms with Crippen molar-refractivity contribution in [1.29, 1.82) is 0 Å². The summed E-state index contributed by atoms with van der Waals surface area (Å²) in [5, 5.41) is 3.45. The number of ether oxygens (including phenoxy) is 3. The Hall–Kier alpha value is -0.900. The smallest absolute Gasteiger partial charge is 0.194 e. The first-order valence-corrected chi connectivity index (χ1v) is 10.0. The van der Waals surface area contributed by atoms with Gasteiger partial charge in [-0.05, 0) is 25.0 Å². The zero-order chi connectivity index (χ0) is 19.1. The third kappa shape index (κ3) is 5.81. The Morgan fingerprint density at radius 1 is 1.29 bits per heavy atom. The van der Waals surface area contributed by atoms with E-state index in [0.29, 0.717) is 13.2 Å². The molecule has 2 heterocycles. The standard InChI is InChI=1S/C21H33N3O3.HI/c1-4-22-20(23-16-21(25-3)9-12-26-13-10-21)24-11-14-27-19(15-24)18-8-6-5-7-17(18)2;/h5-8,19H,4,9-16H2,1-3H3,(H,22,23);1H. The lowest BCUT2D eigenvalue weighted by molar-refractivity contribution is -0.0830. The summed E-state index contributed by atoms with van der Waals surface area (Å²) in [6.45, 7) is 9.58. The molecule has 1 unspecified atom stereocenters. The molecule has 7 heteroatoms. The van der Waals surface area contributed by atoms with Gasteiger partial charge in [-0.15, -0.1) is 24.0 Å². The number of benzene rings is 1. The maximum absolute atomic E-state index is 6.07. The number of guanidine groups is 1. The van der Waals surface area contributed by atoms with Gasteiger partial charge in [-0.25, -0.2) is 0 Å². The van der Waals surface area contributed by atoms with Crippen LogP contribution in [0.3, 0.4) is 0 Å². The van der Waals surface area contributed by atoms with Crippen LogP contribution in [0, 0.1) is 6.92 Å². The number of hydrogen-bond donors (Lipinski definition) is 1. The average molecular weight is 503 g/mol. The lowest BCUT2D eigenvalue weighted by Crippen LogP contribution is -2.49. The largest absolute Gasteiger partial charge is 0.381 e. The average Bonchev–Trinajstić information content (AvgIpc) is 2.72. The van der Waals surface area contributed by atoms with Crippen LogP contribution in [-0.2, 0) is 14.2 Å². The molecule has 2 aliphatic rings. The number of halogens is 1. The van der Waals surface area contributed by atoms with Gasteiger partial charge in [0.1, 0.15) is 6.10 Å². The molecule has 0 saturated carbocycles. The van der Waals surface area contributed by atoms with E-state index in [1.54, 1.807) is 7.11 Å². The van der Waals surface area contributed by atoms with Crippen molar-refractivity contribution in [3.63, 3.8) is 0 Å². The van der Waals surface area contributed by atoms with Crippen LogP contribution in [0.25, 0.3) is 0 Å². The second kappa shape index (κ2) is 11.3. The van der Waals surface area contributed by atoms with Crippen molar-refractivity contribution in [2.45, 2.75) is 38.4 Å². The molecule has 0 spiro atoms. The maximum atomic E-state index is 6.07. The highest BCUT2D eigenvalue weighted by Gasteiger charge is 2.33. The van der Waals surface area contributed by atoms with Gasteiger partial charge in [-0.2, -0.15) is 0 Å². The number of aliphatic imine (C=N–C) groups is 1. The Morgan fingerprint density at radius 3 is 2.71 bits per heavy atom. The summed E-state index contributed by atoms with van der Waals surface area (Å²) in [4.78, 5) is 7.26. The van der Waals surface area contributed by atoms with Crippen LogP contribution in [0.2, 0.25) is 0 Å². The van der Waals surface area contributed by atoms with Crippen LogP contribution >= 0.6 is 24.0 Å². The predicted octanol–water partition coefficient (Wildman–Crippen LogP) is 3.15. The fourth-order valence-corrected chi connectivity index (χ4v) is 3.79. The van der Waals surface area contributed by atoms with Crippen molar-refractivity contribution in [3.8, 4) is 0 Å². The van der Waals surface area contributed by atoms with Crippen molar-refractivity contribution in [2.75, 3.05) is 53.1 Å². The number of morpholine rings is 1. The molecular formula is C21H34IN3O3. The fourth-order valence-electron chi connectivity index (χ4n) is 3.79. The zero-order valence-electron chi connectivity index (χ0n) is 17.3. The van der Waals surface area contributed by atoms with E-state index in [1.807, 2.05) is 0 Å². The predicted molar refractivity (Wildman–Crippen MR) is 123 cm³/mol. The van der Waals surface area contributed by atoms with E-state index in [2.05, 4.69) is 48.3 Å². The lowest BCUT2D eigenvalue weighted by atomic mass is 9.94. The van der Waals surface area contributed by atoms with Crippen LogP contribution in [0.1, 0.15) is 37.0 Å². The second-order valence-electron chi connectivity index (χ2n) is 7.33. The molecule has 0 radical (unpaired) electrons. The molecule has 3 rings (SSSR count). The van der Waals surface area contributed by atoms with E-state index in [0.717, 1.165) is 51.6 Å². The Balaban J connectivity index is 0.00000280. The molecule has 2 aliphatic heterocycles. The normalized spacial score (nSPS) is 22.5. The maximum Gasteiger partial charge on any atom is 0.194 e. The molecular weight excluding hydrogens is 469 g/mol. The molecule has 28 heavy (non-hydrogen) atoms.